The Labute approximate surface area is 269 Å². The molecule has 0 atom stereocenters. The molecule has 2 aromatic carbocycles. The first-order valence-electron chi connectivity index (χ1n) is 13.3. The van der Waals surface area contributed by atoms with Gasteiger partial charge in [-0.2, -0.15) is 33.7 Å². The number of hydrogen-bond acceptors (Lipinski definition) is 8. The van der Waals surface area contributed by atoms with Gasteiger partial charge in [0.15, 0.2) is 0 Å². The number of benzene rings is 2. The van der Waals surface area contributed by atoms with Crippen LogP contribution in [0.4, 0.5) is 0 Å². The molecule has 0 saturated carbocycles. The highest BCUT2D eigenvalue weighted by Gasteiger charge is 2.38. The summed E-state index contributed by atoms with van der Waals surface area (Å²) < 4.78 is 143. The summed E-state index contributed by atoms with van der Waals surface area (Å²) in [5.41, 5.74) is -1.32. The zero-order chi connectivity index (χ0) is 34.6. The predicted molar refractivity (Wildman–Crippen MR) is 171 cm³/mol. The molecule has 48 heavy (non-hydrogen) atoms. The van der Waals surface area contributed by atoms with Crippen molar-refractivity contribution >= 4 is 85.2 Å². The van der Waals surface area contributed by atoms with Crippen LogP contribution in [0, 0.1) is 0 Å². The van der Waals surface area contributed by atoms with Crippen LogP contribution in [-0.4, -0.2) is 71.8 Å². The second kappa shape index (κ2) is 10.3. The van der Waals surface area contributed by atoms with Gasteiger partial charge < -0.3 is 19.9 Å². The lowest BCUT2D eigenvalue weighted by atomic mass is 10.0. The van der Waals surface area contributed by atoms with Gasteiger partial charge in [-0.1, -0.05) is 36.4 Å². The molecular weight excluding hydrogens is 713 g/mol. The standard InChI is InChI=1S/C28H20N4O12S4/c33-45(34,35)22-11-16-9-14-6-7-15(29-14)10-20-23-17-4-2-1-3-13(17)5-8-18(23)19(31-20)12-21-26(46(36,37)38)28(48(42,43)44)25(32-21)27(24(22)30-16)47(39,40)41/h1-12,29-32H,(H,33,34,35)(H,36,37,38)(H,39,40,41)(H,42,43,44). The summed E-state index contributed by atoms with van der Waals surface area (Å²) in [4.78, 5) is 4.77. The summed E-state index contributed by atoms with van der Waals surface area (Å²) in [6, 6.07) is 14.8. The van der Waals surface area contributed by atoms with E-state index in [0.717, 1.165) is 22.9 Å². The molecule has 0 radical (unpaired) electrons. The molecule has 8 bridgehead atoms. The Morgan fingerprint density at radius 2 is 1.21 bits per heavy atom. The number of H-pyrrole nitrogens is 4. The van der Waals surface area contributed by atoms with Gasteiger partial charge >= 0.3 is 0 Å². The average molecular weight is 733 g/mol. The fourth-order valence-corrected chi connectivity index (χ4v) is 9.64. The molecule has 248 valence electrons. The van der Waals surface area contributed by atoms with E-state index < -0.39 is 76.8 Å². The molecule has 5 heterocycles. The van der Waals surface area contributed by atoms with E-state index in [1.165, 1.54) is 6.08 Å². The largest absolute Gasteiger partial charge is 0.355 e. The normalized spacial score (nSPS) is 14.1. The van der Waals surface area contributed by atoms with Crippen molar-refractivity contribution in [3.8, 4) is 0 Å². The van der Waals surface area contributed by atoms with Gasteiger partial charge in [-0.15, -0.1) is 0 Å². The minimum atomic E-state index is -5.81. The van der Waals surface area contributed by atoms with Crippen LogP contribution in [0.1, 0.15) is 22.8 Å². The molecule has 0 spiro atoms. The number of aromatic amines is 4. The maximum atomic E-state index is 12.9. The Kier molecular flexibility index (Phi) is 6.85. The fourth-order valence-electron chi connectivity index (χ4n) is 5.88. The van der Waals surface area contributed by atoms with Gasteiger partial charge in [-0.3, -0.25) is 18.2 Å². The van der Waals surface area contributed by atoms with Crippen molar-refractivity contribution in [1.29, 1.82) is 0 Å². The molecule has 0 unspecified atom stereocenters. The summed E-state index contributed by atoms with van der Waals surface area (Å²) in [5, 5.41) is 1.95. The van der Waals surface area contributed by atoms with E-state index in [2.05, 4.69) is 19.9 Å². The fraction of sp³-hybridized carbons (Fsp3) is 0. The number of fused-ring (bicyclic) bond motifs is 13. The lowest BCUT2D eigenvalue weighted by molar-refractivity contribution is 0.467. The van der Waals surface area contributed by atoms with Gasteiger partial charge in [0.05, 0.1) is 16.7 Å². The third-order valence-corrected chi connectivity index (χ3v) is 11.4. The molecule has 0 fully saturated rings. The number of hydrogen-bond donors (Lipinski definition) is 8. The Morgan fingerprint density at radius 1 is 0.542 bits per heavy atom. The maximum Gasteiger partial charge on any atom is 0.298 e. The molecule has 8 N–H and O–H groups in total. The highest BCUT2D eigenvalue weighted by Crippen LogP contribution is 2.34. The van der Waals surface area contributed by atoms with Crippen molar-refractivity contribution in [2.45, 2.75) is 14.7 Å². The van der Waals surface area contributed by atoms with Crippen molar-refractivity contribution in [1.82, 2.24) is 19.9 Å². The van der Waals surface area contributed by atoms with Crippen molar-refractivity contribution in [3.63, 3.8) is 0 Å². The Morgan fingerprint density at radius 3 is 1.85 bits per heavy atom. The molecule has 7 rings (SSSR count). The van der Waals surface area contributed by atoms with Crippen LogP contribution in [0.25, 0.3) is 44.7 Å². The lowest BCUT2D eigenvalue weighted by Gasteiger charge is -2.06. The van der Waals surface area contributed by atoms with Crippen LogP contribution < -0.4 is 21.4 Å². The Balaban J connectivity index is 1.81. The van der Waals surface area contributed by atoms with Crippen molar-refractivity contribution in [3.05, 3.63) is 98.8 Å². The highest BCUT2D eigenvalue weighted by atomic mass is 32.2. The van der Waals surface area contributed by atoms with Crippen LogP contribution >= 0.6 is 0 Å². The molecule has 0 aliphatic carbocycles. The van der Waals surface area contributed by atoms with E-state index in [0.29, 0.717) is 27.5 Å². The molecule has 0 saturated heterocycles. The zero-order valence-corrected chi connectivity index (χ0v) is 26.9. The van der Waals surface area contributed by atoms with E-state index in [1.54, 1.807) is 36.4 Å². The molecule has 6 aromatic rings. The maximum absolute atomic E-state index is 12.9. The Hall–Kier alpha value is -4.80. The number of nitrogens with one attached hydrogen (secondary N) is 4. The topological polar surface area (TPSA) is 281 Å². The molecule has 20 heteroatoms. The van der Waals surface area contributed by atoms with Crippen LogP contribution in [0.3, 0.4) is 0 Å². The first-order chi connectivity index (χ1) is 22.3. The second-order valence-corrected chi connectivity index (χ2v) is 16.2. The van der Waals surface area contributed by atoms with Gasteiger partial charge in [0.25, 0.3) is 40.5 Å². The van der Waals surface area contributed by atoms with E-state index in [1.807, 2.05) is 18.2 Å². The summed E-state index contributed by atoms with van der Waals surface area (Å²) >= 11 is 0. The second-order valence-electron chi connectivity index (χ2n) is 10.7. The quantitative estimate of drug-likeness (QED) is 0.110. The van der Waals surface area contributed by atoms with Crippen LogP contribution in [-0.2, 0) is 40.5 Å². The summed E-state index contributed by atoms with van der Waals surface area (Å²) in [6.45, 7) is 0. The van der Waals surface area contributed by atoms with Gasteiger partial charge in [-0.25, -0.2) is 0 Å². The average Bonchev–Trinajstić information content (AvgIpc) is 3.73. The van der Waals surface area contributed by atoms with Crippen LogP contribution in [0.15, 0.2) is 69.3 Å². The van der Waals surface area contributed by atoms with Crippen LogP contribution in [0.2, 0.25) is 0 Å². The SMILES string of the molecule is O=S(=O)(O)C1=c2[nH]c(cc2S(=O)(=O)O)=Cc2ccc([nH]2)C=c2[nH]c(c3ccc4ccccc4c23)=Cc2[nH]c1c(S(=O)(=O)O)c2S(=O)(=O)O. The van der Waals surface area contributed by atoms with Gasteiger partial charge in [-0.05, 0) is 47.2 Å². The molecule has 16 nitrogen and oxygen atoms in total. The molecule has 4 aromatic heterocycles. The minimum absolute atomic E-state index is 0.112. The molecule has 0 amide bonds. The summed E-state index contributed by atoms with van der Waals surface area (Å²) in [7, 11) is -22.6. The third kappa shape index (κ3) is 5.29. The van der Waals surface area contributed by atoms with E-state index in [4.69, 9.17) is 0 Å². The predicted octanol–water partition coefficient (Wildman–Crippen LogP) is -0.110. The first-order valence-corrected chi connectivity index (χ1v) is 19.1. The smallest absolute Gasteiger partial charge is 0.298 e. The number of rotatable bonds is 4. The van der Waals surface area contributed by atoms with E-state index in [9.17, 15) is 51.9 Å². The monoisotopic (exact) mass is 732 g/mol. The van der Waals surface area contributed by atoms with Crippen molar-refractivity contribution in [2.24, 2.45) is 0 Å². The van der Waals surface area contributed by atoms with Crippen LogP contribution in [0.5, 0.6) is 0 Å². The van der Waals surface area contributed by atoms with Crippen molar-refractivity contribution in [2.75, 3.05) is 0 Å². The number of aromatic nitrogens is 4. The molecule has 1 aliphatic rings. The van der Waals surface area contributed by atoms with Gasteiger partial charge in [0, 0.05) is 38.2 Å². The summed E-state index contributed by atoms with van der Waals surface area (Å²) in [5.74, 6) is 0. The summed E-state index contributed by atoms with van der Waals surface area (Å²) in [6.07, 6.45) is 4.01. The van der Waals surface area contributed by atoms with E-state index in [-0.39, 0.29) is 10.7 Å². The van der Waals surface area contributed by atoms with Gasteiger partial charge in [0.1, 0.15) is 19.6 Å². The van der Waals surface area contributed by atoms with Crippen molar-refractivity contribution < 1.29 is 51.9 Å². The lowest BCUT2D eigenvalue weighted by Crippen LogP contribution is -2.24. The third-order valence-electron chi connectivity index (χ3n) is 7.63. The molecular formula is C28H20N4O12S4. The van der Waals surface area contributed by atoms with Gasteiger partial charge in [0.2, 0.25) is 0 Å². The van der Waals surface area contributed by atoms with E-state index >= 15 is 0 Å². The zero-order valence-electron chi connectivity index (χ0n) is 23.6. The minimum Gasteiger partial charge on any atom is -0.355 e. The molecule has 1 aliphatic heterocycles. The Bertz CT molecular complexity index is 3110. The first kappa shape index (κ1) is 31.8. The highest BCUT2D eigenvalue weighted by molar-refractivity contribution is 7.95.